The van der Waals surface area contributed by atoms with Gasteiger partial charge in [0.05, 0.1) is 16.7 Å². The molecule has 0 saturated carbocycles. The normalized spacial score (nSPS) is 11.2. The molecule has 2 aromatic heterocycles. The van der Waals surface area contributed by atoms with Crippen molar-refractivity contribution < 1.29 is 4.79 Å². The number of anilines is 1. The molecular formula is C22H17N5O. The first-order chi connectivity index (χ1) is 13.7. The van der Waals surface area contributed by atoms with E-state index in [1.807, 2.05) is 85.8 Å². The second kappa shape index (κ2) is 6.35. The molecule has 0 fully saturated rings. The molecule has 28 heavy (non-hydrogen) atoms. The van der Waals surface area contributed by atoms with E-state index in [4.69, 9.17) is 4.98 Å². The zero-order valence-corrected chi connectivity index (χ0v) is 15.2. The third-order valence-electron chi connectivity index (χ3n) is 4.62. The SMILES string of the molecule is Cc1cccc(-n2nc(C(=O)Nc3ccccc3)n3c4ccccc4nc23)c1. The van der Waals surface area contributed by atoms with Gasteiger partial charge in [0.25, 0.3) is 5.91 Å². The largest absolute Gasteiger partial charge is 0.319 e. The van der Waals surface area contributed by atoms with Crippen LogP contribution in [0, 0.1) is 6.92 Å². The number of amides is 1. The van der Waals surface area contributed by atoms with Crippen LogP contribution in [0.15, 0.2) is 78.9 Å². The van der Waals surface area contributed by atoms with E-state index in [1.54, 1.807) is 9.08 Å². The van der Waals surface area contributed by atoms with Crippen molar-refractivity contribution in [3.63, 3.8) is 0 Å². The summed E-state index contributed by atoms with van der Waals surface area (Å²) in [6.07, 6.45) is 0. The number of aromatic nitrogens is 4. The second-order valence-corrected chi connectivity index (χ2v) is 6.63. The first-order valence-corrected chi connectivity index (χ1v) is 9.00. The lowest BCUT2D eigenvalue weighted by Gasteiger charge is -2.03. The number of benzene rings is 3. The predicted molar refractivity (Wildman–Crippen MR) is 109 cm³/mol. The van der Waals surface area contributed by atoms with Crippen LogP contribution in [0.25, 0.3) is 22.5 Å². The van der Waals surface area contributed by atoms with E-state index in [1.165, 1.54) is 0 Å². The number of nitrogens with zero attached hydrogens (tertiary/aromatic N) is 4. The molecule has 5 rings (SSSR count). The fourth-order valence-electron chi connectivity index (χ4n) is 3.34. The number of carbonyl (C=O) groups excluding carboxylic acids is 1. The molecule has 1 amide bonds. The molecule has 1 N–H and O–H groups in total. The summed E-state index contributed by atoms with van der Waals surface area (Å²) in [5.41, 5.74) is 4.34. The van der Waals surface area contributed by atoms with Gasteiger partial charge in [-0.05, 0) is 48.9 Å². The Hall–Kier alpha value is -3.93. The summed E-state index contributed by atoms with van der Waals surface area (Å²) >= 11 is 0. The Morgan fingerprint density at radius 3 is 2.54 bits per heavy atom. The van der Waals surface area contributed by atoms with Gasteiger partial charge in [-0.15, -0.1) is 5.10 Å². The van der Waals surface area contributed by atoms with E-state index >= 15 is 0 Å². The zero-order chi connectivity index (χ0) is 19.1. The number of carbonyl (C=O) groups is 1. The van der Waals surface area contributed by atoms with Crippen LogP contribution in [0.1, 0.15) is 16.2 Å². The van der Waals surface area contributed by atoms with E-state index in [0.717, 1.165) is 28.0 Å². The molecule has 0 saturated heterocycles. The lowest BCUT2D eigenvalue weighted by Crippen LogP contribution is -2.16. The summed E-state index contributed by atoms with van der Waals surface area (Å²) in [4.78, 5) is 17.8. The highest BCUT2D eigenvalue weighted by molar-refractivity contribution is 6.03. The molecule has 136 valence electrons. The predicted octanol–water partition coefficient (Wildman–Crippen LogP) is 4.23. The summed E-state index contributed by atoms with van der Waals surface area (Å²) in [5.74, 6) is 0.602. The number of hydrogen-bond donors (Lipinski definition) is 1. The van der Waals surface area contributed by atoms with Crippen molar-refractivity contribution in [2.45, 2.75) is 6.92 Å². The van der Waals surface area contributed by atoms with Crippen LogP contribution in [0.4, 0.5) is 5.69 Å². The molecule has 0 atom stereocenters. The van der Waals surface area contributed by atoms with Crippen LogP contribution in [-0.2, 0) is 0 Å². The Morgan fingerprint density at radius 1 is 0.929 bits per heavy atom. The summed E-state index contributed by atoms with van der Waals surface area (Å²) in [6, 6.07) is 25.1. The lowest BCUT2D eigenvalue weighted by molar-refractivity contribution is 0.101. The molecule has 0 aliphatic rings. The highest BCUT2D eigenvalue weighted by Gasteiger charge is 2.22. The van der Waals surface area contributed by atoms with Crippen LogP contribution < -0.4 is 5.32 Å². The quantitative estimate of drug-likeness (QED) is 0.519. The van der Waals surface area contributed by atoms with E-state index in [-0.39, 0.29) is 11.7 Å². The minimum Gasteiger partial charge on any atom is -0.319 e. The zero-order valence-electron chi connectivity index (χ0n) is 15.2. The third kappa shape index (κ3) is 2.63. The third-order valence-corrected chi connectivity index (χ3v) is 4.62. The van der Waals surface area contributed by atoms with Crippen LogP contribution >= 0.6 is 0 Å². The van der Waals surface area contributed by atoms with Crippen molar-refractivity contribution >= 4 is 28.4 Å². The molecule has 0 bridgehead atoms. The van der Waals surface area contributed by atoms with Crippen LogP contribution in [0.3, 0.4) is 0 Å². The van der Waals surface area contributed by atoms with Crippen molar-refractivity contribution in [1.29, 1.82) is 0 Å². The van der Waals surface area contributed by atoms with Crippen molar-refractivity contribution in [2.24, 2.45) is 0 Å². The fourth-order valence-corrected chi connectivity index (χ4v) is 3.34. The van der Waals surface area contributed by atoms with Gasteiger partial charge in [0.1, 0.15) is 0 Å². The topological polar surface area (TPSA) is 64.2 Å². The van der Waals surface area contributed by atoms with E-state index in [2.05, 4.69) is 10.4 Å². The van der Waals surface area contributed by atoms with Gasteiger partial charge < -0.3 is 5.32 Å². The van der Waals surface area contributed by atoms with E-state index < -0.39 is 0 Å². The number of rotatable bonds is 3. The molecule has 0 unspecified atom stereocenters. The fraction of sp³-hybridized carbons (Fsp3) is 0.0455. The Labute approximate surface area is 161 Å². The highest BCUT2D eigenvalue weighted by Crippen LogP contribution is 2.22. The molecule has 3 aromatic carbocycles. The van der Waals surface area contributed by atoms with Gasteiger partial charge in [0, 0.05) is 5.69 Å². The van der Waals surface area contributed by atoms with Gasteiger partial charge in [-0.25, -0.2) is 4.98 Å². The van der Waals surface area contributed by atoms with Crippen LogP contribution in [0.5, 0.6) is 0 Å². The number of aryl methyl sites for hydroxylation is 1. The molecule has 0 spiro atoms. The molecule has 0 aliphatic heterocycles. The minimum atomic E-state index is -0.286. The maximum absolute atomic E-state index is 13.0. The Balaban J connectivity index is 1.73. The number of fused-ring (bicyclic) bond motifs is 3. The maximum Gasteiger partial charge on any atom is 0.293 e. The maximum atomic E-state index is 13.0. The average molecular weight is 367 g/mol. The smallest absolute Gasteiger partial charge is 0.293 e. The summed E-state index contributed by atoms with van der Waals surface area (Å²) < 4.78 is 3.52. The first kappa shape index (κ1) is 16.3. The van der Waals surface area contributed by atoms with Gasteiger partial charge in [-0.3, -0.25) is 9.20 Å². The second-order valence-electron chi connectivity index (χ2n) is 6.63. The number of para-hydroxylation sites is 3. The molecule has 2 heterocycles. The molecule has 6 heteroatoms. The van der Waals surface area contributed by atoms with Gasteiger partial charge in [0.2, 0.25) is 11.6 Å². The molecule has 6 nitrogen and oxygen atoms in total. The first-order valence-electron chi connectivity index (χ1n) is 9.00. The van der Waals surface area contributed by atoms with E-state index in [0.29, 0.717) is 5.78 Å². The van der Waals surface area contributed by atoms with Gasteiger partial charge in [-0.1, -0.05) is 42.5 Å². The van der Waals surface area contributed by atoms with Gasteiger partial charge in [0.15, 0.2) is 0 Å². The summed E-state index contributed by atoms with van der Waals surface area (Å²) in [5, 5.41) is 7.53. The van der Waals surface area contributed by atoms with Gasteiger partial charge in [-0.2, -0.15) is 4.68 Å². The Morgan fingerprint density at radius 2 is 1.71 bits per heavy atom. The number of imidazole rings is 1. The number of nitrogens with one attached hydrogen (secondary N) is 1. The average Bonchev–Trinajstić information content (AvgIpc) is 3.26. The summed E-state index contributed by atoms with van der Waals surface area (Å²) in [6.45, 7) is 2.02. The number of hydrogen-bond acceptors (Lipinski definition) is 3. The standard InChI is InChI=1S/C22H17N5O/c1-15-8-7-11-17(14-15)27-22-24-18-12-5-6-13-19(18)26(22)20(25-27)21(28)23-16-9-3-2-4-10-16/h2-14H,1H3,(H,23,28). The van der Waals surface area contributed by atoms with Crippen LogP contribution in [-0.4, -0.2) is 25.1 Å². The molecule has 5 aromatic rings. The van der Waals surface area contributed by atoms with Crippen LogP contribution in [0.2, 0.25) is 0 Å². The highest BCUT2D eigenvalue weighted by atomic mass is 16.2. The molecular weight excluding hydrogens is 350 g/mol. The summed E-state index contributed by atoms with van der Waals surface area (Å²) in [7, 11) is 0. The van der Waals surface area contributed by atoms with Crippen molar-refractivity contribution in [3.05, 3.63) is 90.3 Å². The van der Waals surface area contributed by atoms with Crippen molar-refractivity contribution in [2.75, 3.05) is 5.32 Å². The minimum absolute atomic E-state index is 0.286. The Bertz CT molecular complexity index is 1320. The monoisotopic (exact) mass is 367 g/mol. The lowest BCUT2D eigenvalue weighted by atomic mass is 10.2. The van der Waals surface area contributed by atoms with Gasteiger partial charge >= 0.3 is 0 Å². The Kier molecular flexibility index (Phi) is 3.69. The van der Waals surface area contributed by atoms with Crippen molar-refractivity contribution in [1.82, 2.24) is 19.2 Å². The van der Waals surface area contributed by atoms with E-state index in [9.17, 15) is 4.79 Å². The molecule has 0 radical (unpaired) electrons. The molecule has 0 aliphatic carbocycles. The van der Waals surface area contributed by atoms with Crippen molar-refractivity contribution in [3.8, 4) is 5.69 Å².